The van der Waals surface area contributed by atoms with E-state index in [1.54, 1.807) is 11.3 Å². The van der Waals surface area contributed by atoms with Crippen molar-refractivity contribution >= 4 is 53.4 Å². The van der Waals surface area contributed by atoms with Crippen molar-refractivity contribution in [3.8, 4) is 17.1 Å². The second-order valence-corrected chi connectivity index (χ2v) is 8.96. The Hall–Kier alpha value is -4.02. The number of fused-ring (bicyclic) bond motifs is 6. The van der Waals surface area contributed by atoms with Crippen molar-refractivity contribution in [1.29, 1.82) is 0 Å². The molecule has 0 fully saturated rings. The van der Waals surface area contributed by atoms with Gasteiger partial charge in [-0.1, -0.05) is 66.7 Å². The third kappa shape index (κ3) is 2.53. The van der Waals surface area contributed by atoms with E-state index in [0.717, 1.165) is 27.3 Å². The quantitative estimate of drug-likeness (QED) is 0.284. The summed E-state index contributed by atoms with van der Waals surface area (Å²) in [5.74, 6) is 0.756. The second-order valence-electron chi connectivity index (χ2n) is 7.93. The van der Waals surface area contributed by atoms with Crippen LogP contribution < -0.4 is 0 Å². The smallest absolute Gasteiger partial charge is 0.160 e. The van der Waals surface area contributed by atoms with Crippen LogP contribution in [0.25, 0.3) is 59.2 Å². The molecule has 3 nitrogen and oxygen atoms in total. The third-order valence-electron chi connectivity index (χ3n) is 6.08. The van der Waals surface area contributed by atoms with Gasteiger partial charge in [-0.05, 0) is 30.3 Å². The zero-order chi connectivity index (χ0) is 21.1. The van der Waals surface area contributed by atoms with Crippen molar-refractivity contribution in [2.75, 3.05) is 0 Å². The minimum Gasteiger partial charge on any atom is -0.309 e. The number of para-hydroxylation sites is 2. The summed E-state index contributed by atoms with van der Waals surface area (Å²) >= 11 is 1.72. The van der Waals surface area contributed by atoms with Crippen molar-refractivity contribution < 1.29 is 0 Å². The van der Waals surface area contributed by atoms with Crippen LogP contribution in [0.2, 0.25) is 0 Å². The molecular weight excluding hydrogens is 410 g/mol. The van der Waals surface area contributed by atoms with Crippen LogP contribution in [-0.4, -0.2) is 14.5 Å². The molecule has 4 heteroatoms. The summed E-state index contributed by atoms with van der Waals surface area (Å²) in [6.07, 6.45) is 1.96. The molecule has 3 aromatic heterocycles. The van der Waals surface area contributed by atoms with Gasteiger partial charge >= 0.3 is 0 Å². The fraction of sp³-hybridized carbons (Fsp3) is 0. The highest BCUT2D eigenvalue weighted by atomic mass is 32.1. The van der Waals surface area contributed by atoms with Crippen LogP contribution in [0, 0.1) is 0 Å². The molecule has 0 aliphatic carbocycles. The molecule has 0 spiro atoms. The number of hydrogen-bond donors (Lipinski definition) is 0. The largest absolute Gasteiger partial charge is 0.309 e. The number of benzene rings is 4. The molecule has 0 bridgehead atoms. The van der Waals surface area contributed by atoms with E-state index in [-0.39, 0.29) is 0 Å². The van der Waals surface area contributed by atoms with Gasteiger partial charge in [0.05, 0.1) is 11.0 Å². The summed E-state index contributed by atoms with van der Waals surface area (Å²) in [5.41, 5.74) is 4.53. The lowest BCUT2D eigenvalue weighted by Crippen LogP contribution is -1.95. The van der Waals surface area contributed by atoms with Gasteiger partial charge < -0.3 is 4.57 Å². The molecule has 3 heterocycles. The Morgan fingerprint density at radius 2 is 1.31 bits per heavy atom. The Morgan fingerprint density at radius 3 is 2.09 bits per heavy atom. The lowest BCUT2D eigenvalue weighted by Gasteiger charge is -2.09. The molecule has 0 radical (unpaired) electrons. The van der Waals surface area contributed by atoms with E-state index in [1.807, 2.05) is 6.20 Å². The summed E-state index contributed by atoms with van der Waals surface area (Å²) in [5, 5.41) is 4.86. The topological polar surface area (TPSA) is 30.7 Å². The molecule has 0 saturated heterocycles. The molecule has 4 aromatic carbocycles. The highest BCUT2D eigenvalue weighted by Gasteiger charge is 2.13. The molecule has 7 aromatic rings. The summed E-state index contributed by atoms with van der Waals surface area (Å²) < 4.78 is 3.57. The number of thiophene rings is 1. The minimum absolute atomic E-state index is 0.756. The van der Waals surface area contributed by atoms with Crippen molar-refractivity contribution in [3.63, 3.8) is 0 Å². The maximum absolute atomic E-state index is 4.93. The van der Waals surface area contributed by atoms with Gasteiger partial charge in [-0.25, -0.2) is 9.97 Å². The van der Waals surface area contributed by atoms with E-state index < -0.39 is 0 Å². The van der Waals surface area contributed by atoms with Gasteiger partial charge in [0.25, 0.3) is 0 Å². The Bertz CT molecular complexity index is 1740. The lowest BCUT2D eigenvalue weighted by atomic mass is 10.1. The van der Waals surface area contributed by atoms with Crippen LogP contribution in [0.3, 0.4) is 0 Å². The van der Waals surface area contributed by atoms with Crippen LogP contribution in [0.4, 0.5) is 0 Å². The molecule has 32 heavy (non-hydrogen) atoms. The molecule has 0 saturated carbocycles. The van der Waals surface area contributed by atoms with Crippen LogP contribution in [-0.2, 0) is 0 Å². The molecule has 150 valence electrons. The van der Waals surface area contributed by atoms with E-state index in [9.17, 15) is 0 Å². The van der Waals surface area contributed by atoms with Crippen LogP contribution in [0.1, 0.15) is 0 Å². The number of aromatic nitrogens is 3. The van der Waals surface area contributed by atoms with E-state index in [0.29, 0.717) is 0 Å². The third-order valence-corrected chi connectivity index (χ3v) is 7.16. The highest BCUT2D eigenvalue weighted by molar-refractivity contribution is 7.25. The fourth-order valence-electron chi connectivity index (χ4n) is 4.63. The van der Waals surface area contributed by atoms with E-state index >= 15 is 0 Å². The average molecular weight is 428 g/mol. The van der Waals surface area contributed by atoms with E-state index in [1.165, 1.54) is 31.9 Å². The lowest BCUT2D eigenvalue weighted by molar-refractivity contribution is 1.17. The summed E-state index contributed by atoms with van der Waals surface area (Å²) in [6, 6.07) is 34.1. The first kappa shape index (κ1) is 17.6. The van der Waals surface area contributed by atoms with Crippen molar-refractivity contribution in [2.24, 2.45) is 0 Å². The zero-order valence-corrected chi connectivity index (χ0v) is 17.9. The van der Waals surface area contributed by atoms with Gasteiger partial charge in [0.15, 0.2) is 5.82 Å². The standard InChI is InChI=1S/C28H17N3S/c1-4-13-24-20(10-1)21-11-2-5-14-25(21)31(24)19-9-7-8-18(16-19)27-29-17-23-22-12-3-6-15-26(22)32-28(23)30-27/h1-17H. The molecule has 0 amide bonds. The van der Waals surface area contributed by atoms with Crippen LogP contribution >= 0.6 is 11.3 Å². The Labute approximate surface area is 188 Å². The van der Waals surface area contributed by atoms with Gasteiger partial charge in [0.1, 0.15) is 4.83 Å². The predicted octanol–water partition coefficient (Wildman–Crippen LogP) is 7.61. The van der Waals surface area contributed by atoms with Gasteiger partial charge in [0.2, 0.25) is 0 Å². The first-order chi connectivity index (χ1) is 15.9. The first-order valence-electron chi connectivity index (χ1n) is 10.6. The molecule has 7 rings (SSSR count). The monoisotopic (exact) mass is 427 g/mol. The number of rotatable bonds is 2. The van der Waals surface area contributed by atoms with Crippen molar-refractivity contribution in [2.45, 2.75) is 0 Å². The predicted molar refractivity (Wildman–Crippen MR) is 135 cm³/mol. The van der Waals surface area contributed by atoms with E-state index in [4.69, 9.17) is 9.97 Å². The zero-order valence-electron chi connectivity index (χ0n) is 17.1. The summed E-state index contributed by atoms with van der Waals surface area (Å²) in [4.78, 5) is 10.7. The highest BCUT2D eigenvalue weighted by Crippen LogP contribution is 2.35. The molecule has 0 N–H and O–H groups in total. The number of hydrogen-bond acceptors (Lipinski definition) is 3. The van der Waals surface area contributed by atoms with Crippen molar-refractivity contribution in [3.05, 3.63) is 103 Å². The second kappa shape index (κ2) is 6.74. The molecule has 0 aliphatic rings. The Balaban J connectivity index is 1.44. The van der Waals surface area contributed by atoms with Gasteiger partial charge in [-0.15, -0.1) is 11.3 Å². The first-order valence-corrected chi connectivity index (χ1v) is 11.4. The van der Waals surface area contributed by atoms with Crippen LogP contribution in [0.15, 0.2) is 103 Å². The summed E-state index contributed by atoms with van der Waals surface area (Å²) in [6.45, 7) is 0. The van der Waals surface area contributed by atoms with Crippen LogP contribution in [0.5, 0.6) is 0 Å². The minimum atomic E-state index is 0.756. The van der Waals surface area contributed by atoms with Gasteiger partial charge in [-0.3, -0.25) is 0 Å². The van der Waals surface area contributed by atoms with Gasteiger partial charge in [-0.2, -0.15) is 0 Å². The SMILES string of the molecule is c1cc(-c2ncc3c(n2)sc2ccccc23)cc(-n2c3ccccc3c3ccccc32)c1. The molecule has 0 aliphatic heterocycles. The van der Waals surface area contributed by atoms with Crippen molar-refractivity contribution in [1.82, 2.24) is 14.5 Å². The molecular formula is C28H17N3S. The Kier molecular flexibility index (Phi) is 3.72. The normalized spacial score (nSPS) is 11.8. The average Bonchev–Trinajstić information content (AvgIpc) is 3.39. The van der Waals surface area contributed by atoms with Gasteiger partial charge in [0, 0.05) is 43.7 Å². The summed E-state index contributed by atoms with van der Waals surface area (Å²) in [7, 11) is 0. The molecule has 0 unspecified atom stereocenters. The maximum atomic E-state index is 4.93. The molecule has 0 atom stereocenters. The number of nitrogens with zero attached hydrogens (tertiary/aromatic N) is 3. The van der Waals surface area contributed by atoms with E-state index in [2.05, 4.69) is 102 Å². The Morgan fingerprint density at radius 1 is 0.625 bits per heavy atom. The maximum Gasteiger partial charge on any atom is 0.160 e. The fourth-order valence-corrected chi connectivity index (χ4v) is 5.68.